The van der Waals surface area contributed by atoms with Crippen molar-refractivity contribution in [2.24, 2.45) is 0 Å². The third-order valence-electron chi connectivity index (χ3n) is 1.72. The van der Waals surface area contributed by atoms with Crippen LogP contribution in [0.15, 0.2) is 22.7 Å². The molecule has 0 bridgehead atoms. The van der Waals surface area contributed by atoms with Crippen molar-refractivity contribution in [1.29, 1.82) is 0 Å². The number of amides is 1. The Morgan fingerprint density at radius 2 is 2.31 bits per heavy atom. The Bertz CT molecular complexity index is 428. The second-order valence-corrected chi connectivity index (χ2v) is 4.25. The molecule has 0 atom stereocenters. The molecule has 84 valence electrons. The van der Waals surface area contributed by atoms with E-state index >= 15 is 0 Å². The third-order valence-corrected chi connectivity index (χ3v) is 2.95. The number of rotatable bonds is 4. The molecule has 16 heavy (non-hydrogen) atoms. The van der Waals surface area contributed by atoms with Crippen LogP contribution in [0, 0.1) is 12.3 Å². The fourth-order valence-electron chi connectivity index (χ4n) is 1.03. The molecule has 0 aliphatic rings. The molecule has 0 heterocycles. The third kappa shape index (κ3) is 4.23. The minimum Gasteiger partial charge on any atom is -0.325 e. The van der Waals surface area contributed by atoms with Crippen LogP contribution in [0.25, 0.3) is 0 Å². The van der Waals surface area contributed by atoms with Gasteiger partial charge in [-0.15, -0.1) is 6.42 Å². The molecule has 0 fully saturated rings. The van der Waals surface area contributed by atoms with Crippen molar-refractivity contribution in [2.75, 3.05) is 18.4 Å². The average Bonchev–Trinajstić information content (AvgIpc) is 2.24. The van der Waals surface area contributed by atoms with Gasteiger partial charge in [0.2, 0.25) is 5.91 Å². The molecule has 0 radical (unpaired) electrons. The standard InChI is InChI=1S/C11H10BrClN2O/c1-2-5-14-7-11(16)15-8-3-4-9(12)10(13)6-8/h1,3-4,6,14H,5,7H2,(H,15,16). The predicted molar refractivity (Wildman–Crippen MR) is 69.5 cm³/mol. The Balaban J connectivity index is 2.50. The van der Waals surface area contributed by atoms with Gasteiger partial charge in [0.1, 0.15) is 0 Å². The van der Waals surface area contributed by atoms with Crippen molar-refractivity contribution in [3.8, 4) is 12.3 Å². The summed E-state index contributed by atoms with van der Waals surface area (Å²) in [7, 11) is 0. The van der Waals surface area contributed by atoms with E-state index in [9.17, 15) is 4.79 Å². The molecule has 0 aliphatic heterocycles. The zero-order valence-electron chi connectivity index (χ0n) is 8.39. The number of halogens is 2. The number of carbonyl (C=O) groups excluding carboxylic acids is 1. The average molecular weight is 302 g/mol. The van der Waals surface area contributed by atoms with Gasteiger partial charge in [-0.2, -0.15) is 0 Å². The molecule has 1 aromatic rings. The summed E-state index contributed by atoms with van der Waals surface area (Å²) in [6.07, 6.45) is 5.04. The van der Waals surface area contributed by atoms with Gasteiger partial charge >= 0.3 is 0 Å². The Morgan fingerprint density at radius 3 is 2.94 bits per heavy atom. The number of carbonyl (C=O) groups is 1. The van der Waals surface area contributed by atoms with E-state index in [1.807, 2.05) is 0 Å². The van der Waals surface area contributed by atoms with Crippen LogP contribution in [0.1, 0.15) is 0 Å². The minimum absolute atomic E-state index is 0.159. The molecule has 0 aromatic heterocycles. The van der Waals surface area contributed by atoms with Gasteiger partial charge in [0.05, 0.1) is 18.1 Å². The van der Waals surface area contributed by atoms with Crippen LogP contribution in [0.4, 0.5) is 5.69 Å². The fraction of sp³-hybridized carbons (Fsp3) is 0.182. The summed E-state index contributed by atoms with van der Waals surface area (Å²) in [5.74, 6) is 2.23. The fourth-order valence-corrected chi connectivity index (χ4v) is 1.45. The number of anilines is 1. The number of hydrogen-bond donors (Lipinski definition) is 2. The molecule has 5 heteroatoms. The summed E-state index contributed by atoms with van der Waals surface area (Å²) in [5, 5.41) is 6.03. The molecule has 0 spiro atoms. The maximum absolute atomic E-state index is 11.4. The van der Waals surface area contributed by atoms with Crippen LogP contribution >= 0.6 is 27.5 Å². The quantitative estimate of drug-likeness (QED) is 0.661. The minimum atomic E-state index is -0.159. The van der Waals surface area contributed by atoms with E-state index in [2.05, 4.69) is 32.5 Å². The summed E-state index contributed by atoms with van der Waals surface area (Å²) in [5.41, 5.74) is 0.653. The summed E-state index contributed by atoms with van der Waals surface area (Å²) in [4.78, 5) is 11.4. The Morgan fingerprint density at radius 1 is 1.56 bits per heavy atom. The molecule has 0 unspecified atom stereocenters. The number of hydrogen-bond acceptors (Lipinski definition) is 2. The lowest BCUT2D eigenvalue weighted by Crippen LogP contribution is -2.28. The summed E-state index contributed by atoms with van der Waals surface area (Å²) < 4.78 is 0.789. The van der Waals surface area contributed by atoms with Crippen molar-refractivity contribution >= 4 is 39.1 Å². The van der Waals surface area contributed by atoms with E-state index in [1.165, 1.54) is 0 Å². The van der Waals surface area contributed by atoms with Crippen LogP contribution in [0.3, 0.4) is 0 Å². The summed E-state index contributed by atoms with van der Waals surface area (Å²) in [6.45, 7) is 0.548. The van der Waals surface area contributed by atoms with Crippen LogP contribution in [0.2, 0.25) is 5.02 Å². The number of nitrogens with one attached hydrogen (secondary N) is 2. The van der Waals surface area contributed by atoms with Crippen LogP contribution in [-0.2, 0) is 4.79 Å². The zero-order valence-corrected chi connectivity index (χ0v) is 10.7. The lowest BCUT2D eigenvalue weighted by atomic mass is 10.3. The molecule has 0 aliphatic carbocycles. The van der Waals surface area contributed by atoms with Gasteiger partial charge in [0.25, 0.3) is 0 Å². The first-order valence-corrected chi connectivity index (χ1v) is 5.69. The first-order valence-electron chi connectivity index (χ1n) is 4.52. The van der Waals surface area contributed by atoms with E-state index in [1.54, 1.807) is 18.2 Å². The molecule has 0 saturated carbocycles. The van der Waals surface area contributed by atoms with E-state index in [0.717, 1.165) is 4.47 Å². The Kier molecular flexibility index (Phi) is 5.33. The van der Waals surface area contributed by atoms with Gasteiger partial charge in [0, 0.05) is 10.2 Å². The first-order chi connectivity index (χ1) is 7.63. The van der Waals surface area contributed by atoms with Gasteiger partial charge < -0.3 is 5.32 Å². The van der Waals surface area contributed by atoms with Crippen LogP contribution < -0.4 is 10.6 Å². The van der Waals surface area contributed by atoms with Crippen LogP contribution in [-0.4, -0.2) is 19.0 Å². The Labute approximate surface area is 108 Å². The number of benzene rings is 1. The van der Waals surface area contributed by atoms with Gasteiger partial charge in [0.15, 0.2) is 0 Å². The van der Waals surface area contributed by atoms with Crippen LogP contribution in [0.5, 0.6) is 0 Å². The van der Waals surface area contributed by atoms with Crippen molar-refractivity contribution in [3.05, 3.63) is 27.7 Å². The van der Waals surface area contributed by atoms with E-state index < -0.39 is 0 Å². The summed E-state index contributed by atoms with van der Waals surface area (Å²) >= 11 is 9.15. The Hall–Kier alpha value is -1.02. The smallest absolute Gasteiger partial charge is 0.238 e. The van der Waals surface area contributed by atoms with Gasteiger partial charge in [-0.05, 0) is 34.1 Å². The first kappa shape index (κ1) is 13.0. The van der Waals surface area contributed by atoms with Crippen molar-refractivity contribution < 1.29 is 4.79 Å². The topological polar surface area (TPSA) is 41.1 Å². The highest BCUT2D eigenvalue weighted by Crippen LogP contribution is 2.25. The van der Waals surface area contributed by atoms with Gasteiger partial charge in [-0.1, -0.05) is 17.5 Å². The summed E-state index contributed by atoms with van der Waals surface area (Å²) in [6, 6.07) is 5.20. The molecule has 1 amide bonds. The zero-order chi connectivity index (χ0) is 12.0. The molecule has 1 rings (SSSR count). The highest BCUT2D eigenvalue weighted by atomic mass is 79.9. The number of terminal acetylenes is 1. The monoisotopic (exact) mass is 300 g/mol. The van der Waals surface area contributed by atoms with Gasteiger partial charge in [-0.25, -0.2) is 0 Å². The maximum Gasteiger partial charge on any atom is 0.238 e. The second-order valence-electron chi connectivity index (χ2n) is 2.98. The molecule has 0 saturated heterocycles. The molecule has 3 nitrogen and oxygen atoms in total. The predicted octanol–water partition coefficient (Wildman–Crippen LogP) is 2.26. The molecular formula is C11H10BrClN2O. The maximum atomic E-state index is 11.4. The highest BCUT2D eigenvalue weighted by Gasteiger charge is 2.03. The van der Waals surface area contributed by atoms with Crippen molar-refractivity contribution in [3.63, 3.8) is 0 Å². The lowest BCUT2D eigenvalue weighted by Gasteiger charge is -2.06. The largest absolute Gasteiger partial charge is 0.325 e. The normalized spacial score (nSPS) is 9.56. The highest BCUT2D eigenvalue weighted by molar-refractivity contribution is 9.10. The SMILES string of the molecule is C#CCNCC(=O)Nc1ccc(Br)c(Cl)c1. The van der Waals surface area contributed by atoms with Crippen molar-refractivity contribution in [2.45, 2.75) is 0 Å². The second kappa shape index (κ2) is 6.54. The molecule has 2 N–H and O–H groups in total. The molecule has 1 aromatic carbocycles. The van der Waals surface area contributed by atoms with Crippen molar-refractivity contribution in [1.82, 2.24) is 5.32 Å². The molecular weight excluding hydrogens is 291 g/mol. The van der Waals surface area contributed by atoms with E-state index in [0.29, 0.717) is 17.3 Å². The van der Waals surface area contributed by atoms with Gasteiger partial charge in [-0.3, -0.25) is 10.1 Å². The van der Waals surface area contributed by atoms with E-state index in [-0.39, 0.29) is 12.5 Å². The lowest BCUT2D eigenvalue weighted by molar-refractivity contribution is -0.115. The van der Waals surface area contributed by atoms with E-state index in [4.69, 9.17) is 18.0 Å².